The molecule has 1 heterocycles. The molecule has 0 fully saturated rings. The molecule has 1 aromatic heterocycles. The molecule has 3 nitrogen and oxygen atoms in total. The monoisotopic (exact) mass is 396 g/mol. The molecule has 3 aromatic carbocycles. The smallest absolute Gasteiger partial charge is 0.221 e. The number of hydrogen-bond acceptors (Lipinski definition) is 1. The van der Waals surface area contributed by atoms with Crippen molar-refractivity contribution < 1.29 is 4.79 Å². The third-order valence-electron chi connectivity index (χ3n) is 5.76. The van der Waals surface area contributed by atoms with Gasteiger partial charge in [0.25, 0.3) is 0 Å². The van der Waals surface area contributed by atoms with E-state index in [1.807, 2.05) is 30.3 Å². The van der Waals surface area contributed by atoms with E-state index in [-0.39, 0.29) is 11.8 Å². The number of carbonyl (C=O) groups excluding carboxylic acids is 1. The summed E-state index contributed by atoms with van der Waals surface area (Å²) >= 11 is 0. The Morgan fingerprint density at radius 1 is 1.00 bits per heavy atom. The molecule has 1 amide bonds. The molecule has 1 atom stereocenters. The maximum Gasteiger partial charge on any atom is 0.221 e. The number of aromatic nitrogens is 1. The third kappa shape index (κ3) is 4.30. The summed E-state index contributed by atoms with van der Waals surface area (Å²) in [6.07, 6.45) is 3.48. The van der Waals surface area contributed by atoms with E-state index in [2.05, 4.69) is 72.8 Å². The van der Waals surface area contributed by atoms with Crippen LogP contribution in [-0.2, 0) is 17.8 Å². The van der Waals surface area contributed by atoms with Crippen molar-refractivity contribution in [2.24, 2.45) is 0 Å². The van der Waals surface area contributed by atoms with Crippen LogP contribution in [0.15, 0.2) is 79.0 Å². The number of hydrogen-bond donors (Lipinski definition) is 2. The number of H-pyrrole nitrogens is 1. The van der Waals surface area contributed by atoms with E-state index in [0.29, 0.717) is 13.0 Å². The van der Waals surface area contributed by atoms with Gasteiger partial charge in [0, 0.05) is 36.0 Å². The minimum Gasteiger partial charge on any atom is -0.361 e. The quantitative estimate of drug-likeness (QED) is 0.403. The largest absolute Gasteiger partial charge is 0.361 e. The molecule has 152 valence electrons. The molecule has 0 bridgehead atoms. The molecule has 0 saturated heterocycles. The molecule has 0 aliphatic heterocycles. The number of benzene rings is 3. The van der Waals surface area contributed by atoms with Crippen molar-refractivity contribution in [3.8, 4) is 0 Å². The number of aryl methyl sites for hydroxylation is 2. The van der Waals surface area contributed by atoms with Crippen LogP contribution >= 0.6 is 0 Å². The van der Waals surface area contributed by atoms with Crippen LogP contribution < -0.4 is 5.32 Å². The summed E-state index contributed by atoms with van der Waals surface area (Å²) in [6, 6.07) is 25.0. The second-order valence-corrected chi connectivity index (χ2v) is 7.87. The van der Waals surface area contributed by atoms with Gasteiger partial charge in [0.05, 0.1) is 0 Å². The lowest BCUT2D eigenvalue weighted by atomic mass is 9.87. The summed E-state index contributed by atoms with van der Waals surface area (Å²) in [4.78, 5) is 16.4. The van der Waals surface area contributed by atoms with Gasteiger partial charge < -0.3 is 10.3 Å². The first-order valence-corrected chi connectivity index (χ1v) is 10.6. The zero-order chi connectivity index (χ0) is 20.9. The molecule has 30 heavy (non-hydrogen) atoms. The Balaban J connectivity index is 1.65. The molecule has 4 rings (SSSR count). The van der Waals surface area contributed by atoms with Crippen LogP contribution in [0.1, 0.15) is 47.1 Å². The van der Waals surface area contributed by atoms with Gasteiger partial charge in [0.1, 0.15) is 0 Å². The molecule has 0 spiro atoms. The summed E-state index contributed by atoms with van der Waals surface area (Å²) < 4.78 is 0. The van der Waals surface area contributed by atoms with Crippen LogP contribution in [0.25, 0.3) is 10.9 Å². The Morgan fingerprint density at radius 2 is 1.80 bits per heavy atom. The maximum absolute atomic E-state index is 12.9. The van der Waals surface area contributed by atoms with Gasteiger partial charge in [-0.1, -0.05) is 85.3 Å². The summed E-state index contributed by atoms with van der Waals surface area (Å²) in [6.45, 7) is 4.82. The Kier molecular flexibility index (Phi) is 5.99. The SMILES string of the molecule is CCc1cccc2c(C(CC(=O)NCc3ccccc3)c3cccc(C)c3)c[nH]c12. The highest BCUT2D eigenvalue weighted by atomic mass is 16.1. The van der Waals surface area contributed by atoms with Gasteiger partial charge in [-0.3, -0.25) is 4.79 Å². The Labute approximate surface area is 178 Å². The zero-order valence-corrected chi connectivity index (χ0v) is 17.6. The topological polar surface area (TPSA) is 44.9 Å². The number of aromatic amines is 1. The molecular weight excluding hydrogens is 368 g/mol. The molecule has 1 unspecified atom stereocenters. The van der Waals surface area contributed by atoms with Crippen LogP contribution in [0.3, 0.4) is 0 Å². The standard InChI is InChI=1S/C27H28N2O/c1-3-21-12-8-14-23-25(18-29-27(21)23)24(22-13-7-9-19(2)15-22)16-26(30)28-17-20-10-5-4-6-11-20/h4-15,18,24,29H,3,16-17H2,1-2H3,(H,28,30). The second kappa shape index (κ2) is 9.00. The van der Waals surface area contributed by atoms with Crippen molar-refractivity contribution in [1.82, 2.24) is 10.3 Å². The minimum absolute atomic E-state index is 0.00142. The van der Waals surface area contributed by atoms with E-state index in [9.17, 15) is 4.79 Å². The fraction of sp³-hybridized carbons (Fsp3) is 0.222. The van der Waals surface area contributed by atoms with Crippen molar-refractivity contribution >= 4 is 16.8 Å². The van der Waals surface area contributed by atoms with E-state index in [1.54, 1.807) is 0 Å². The van der Waals surface area contributed by atoms with Gasteiger partial charge in [-0.05, 0) is 35.6 Å². The number of rotatable bonds is 7. The lowest BCUT2D eigenvalue weighted by Gasteiger charge is -2.18. The molecule has 3 heteroatoms. The predicted molar refractivity (Wildman–Crippen MR) is 124 cm³/mol. The number of carbonyl (C=O) groups is 1. The highest BCUT2D eigenvalue weighted by molar-refractivity contribution is 5.88. The molecule has 0 aliphatic carbocycles. The molecule has 0 aliphatic rings. The lowest BCUT2D eigenvalue weighted by Crippen LogP contribution is -2.25. The average Bonchev–Trinajstić information content (AvgIpc) is 3.21. The number of amides is 1. The lowest BCUT2D eigenvalue weighted by molar-refractivity contribution is -0.121. The first kappa shape index (κ1) is 20.0. The van der Waals surface area contributed by atoms with Gasteiger partial charge in [-0.15, -0.1) is 0 Å². The van der Waals surface area contributed by atoms with E-state index in [4.69, 9.17) is 0 Å². The van der Waals surface area contributed by atoms with Crippen molar-refractivity contribution in [3.63, 3.8) is 0 Å². The fourth-order valence-corrected chi connectivity index (χ4v) is 4.17. The molecule has 2 N–H and O–H groups in total. The summed E-state index contributed by atoms with van der Waals surface area (Å²) in [5.74, 6) is 0.0629. The molecular formula is C27H28N2O. The first-order chi connectivity index (χ1) is 14.7. The molecule has 0 saturated carbocycles. The zero-order valence-electron chi connectivity index (χ0n) is 17.6. The number of fused-ring (bicyclic) bond motifs is 1. The van der Waals surface area contributed by atoms with E-state index >= 15 is 0 Å². The van der Waals surface area contributed by atoms with Crippen molar-refractivity contribution in [1.29, 1.82) is 0 Å². The van der Waals surface area contributed by atoms with E-state index in [1.165, 1.54) is 33.2 Å². The van der Waals surface area contributed by atoms with Crippen molar-refractivity contribution in [3.05, 3.63) is 107 Å². The van der Waals surface area contributed by atoms with Gasteiger partial charge in [0.2, 0.25) is 5.91 Å². The van der Waals surface area contributed by atoms with Crippen LogP contribution in [0.2, 0.25) is 0 Å². The third-order valence-corrected chi connectivity index (χ3v) is 5.76. The normalized spacial score (nSPS) is 12.1. The summed E-state index contributed by atoms with van der Waals surface area (Å²) in [5.41, 5.74) is 7.15. The van der Waals surface area contributed by atoms with Crippen LogP contribution in [0.4, 0.5) is 0 Å². The summed E-state index contributed by atoms with van der Waals surface area (Å²) in [5, 5.41) is 4.30. The van der Waals surface area contributed by atoms with Gasteiger partial charge in [-0.2, -0.15) is 0 Å². The van der Waals surface area contributed by atoms with E-state index < -0.39 is 0 Å². The van der Waals surface area contributed by atoms with Crippen molar-refractivity contribution in [2.75, 3.05) is 0 Å². The van der Waals surface area contributed by atoms with Gasteiger partial charge in [-0.25, -0.2) is 0 Å². The predicted octanol–water partition coefficient (Wildman–Crippen LogP) is 5.88. The van der Waals surface area contributed by atoms with E-state index in [0.717, 1.165) is 12.0 Å². The highest BCUT2D eigenvalue weighted by Crippen LogP contribution is 2.35. The van der Waals surface area contributed by atoms with Gasteiger partial charge in [0.15, 0.2) is 0 Å². The van der Waals surface area contributed by atoms with Crippen molar-refractivity contribution in [2.45, 2.75) is 39.2 Å². The Bertz CT molecular complexity index is 1140. The van der Waals surface area contributed by atoms with Crippen LogP contribution in [-0.4, -0.2) is 10.9 Å². The Hall–Kier alpha value is -3.33. The summed E-state index contributed by atoms with van der Waals surface area (Å²) in [7, 11) is 0. The molecule has 0 radical (unpaired) electrons. The fourth-order valence-electron chi connectivity index (χ4n) is 4.17. The first-order valence-electron chi connectivity index (χ1n) is 10.6. The number of nitrogens with one attached hydrogen (secondary N) is 2. The van der Waals surface area contributed by atoms with Gasteiger partial charge >= 0.3 is 0 Å². The second-order valence-electron chi connectivity index (χ2n) is 7.87. The molecule has 4 aromatic rings. The van der Waals surface area contributed by atoms with Crippen LogP contribution in [0.5, 0.6) is 0 Å². The average molecular weight is 397 g/mol. The minimum atomic E-state index is 0.00142. The highest BCUT2D eigenvalue weighted by Gasteiger charge is 2.22. The maximum atomic E-state index is 12.9. The Morgan fingerprint density at radius 3 is 2.57 bits per heavy atom. The van der Waals surface area contributed by atoms with Crippen LogP contribution in [0, 0.1) is 6.92 Å². The number of para-hydroxylation sites is 1.